The van der Waals surface area contributed by atoms with Crippen molar-refractivity contribution in [3.63, 3.8) is 0 Å². The van der Waals surface area contributed by atoms with Gasteiger partial charge >= 0.3 is 0 Å². The van der Waals surface area contributed by atoms with Crippen molar-refractivity contribution in [1.82, 2.24) is 0 Å². The summed E-state index contributed by atoms with van der Waals surface area (Å²) in [5, 5.41) is 1.51. The highest BCUT2D eigenvalue weighted by Crippen LogP contribution is 2.15. The minimum Gasteiger partial charge on any atom is -0.381 e. The average molecular weight is 278 g/mol. The van der Waals surface area contributed by atoms with Crippen LogP contribution in [0.5, 0.6) is 0 Å². The topological polar surface area (TPSA) is 18.5 Å². The maximum Gasteiger partial charge on any atom is 0.0775 e. The second-order valence-corrected chi connectivity index (χ2v) is 11.6. The summed E-state index contributed by atoms with van der Waals surface area (Å²) < 4.78 is 11.2. The van der Waals surface area contributed by atoms with Crippen LogP contribution in [0.2, 0.25) is 19.6 Å². The van der Waals surface area contributed by atoms with Gasteiger partial charge < -0.3 is 9.47 Å². The first-order valence-corrected chi connectivity index (χ1v) is 10.8. The van der Waals surface area contributed by atoms with Crippen LogP contribution < -0.4 is 5.19 Å². The first-order valence-electron chi connectivity index (χ1n) is 7.30. The highest BCUT2D eigenvalue weighted by Gasteiger charge is 2.16. The van der Waals surface area contributed by atoms with E-state index in [1.807, 2.05) is 0 Å². The van der Waals surface area contributed by atoms with Crippen LogP contribution in [-0.2, 0) is 16.1 Å². The maximum atomic E-state index is 5.84. The fraction of sp³-hybridized carbons (Fsp3) is 0.625. The summed E-state index contributed by atoms with van der Waals surface area (Å²) >= 11 is 0. The molecule has 0 spiro atoms. The first-order chi connectivity index (χ1) is 9.05. The van der Waals surface area contributed by atoms with E-state index in [9.17, 15) is 0 Å². The second-order valence-electron chi connectivity index (χ2n) is 6.52. The molecule has 1 aliphatic rings. The lowest BCUT2D eigenvalue weighted by atomic mass is 10.0. The van der Waals surface area contributed by atoms with Crippen LogP contribution in [0, 0.1) is 5.92 Å². The number of ether oxygens (including phenoxy) is 2. The minimum absolute atomic E-state index is 0.690. The van der Waals surface area contributed by atoms with E-state index in [0.29, 0.717) is 5.92 Å². The Morgan fingerprint density at radius 2 is 1.74 bits per heavy atom. The molecule has 1 heterocycles. The van der Waals surface area contributed by atoms with Crippen molar-refractivity contribution in [2.24, 2.45) is 5.92 Å². The third-order valence-corrected chi connectivity index (χ3v) is 5.85. The Bertz CT molecular complexity index is 375. The van der Waals surface area contributed by atoms with E-state index in [1.165, 1.54) is 10.8 Å². The zero-order valence-corrected chi connectivity index (χ0v) is 13.4. The molecule has 0 atom stereocenters. The molecule has 1 aromatic carbocycles. The van der Waals surface area contributed by atoms with Crippen LogP contribution in [0.25, 0.3) is 0 Å². The van der Waals surface area contributed by atoms with Gasteiger partial charge in [0.2, 0.25) is 0 Å². The SMILES string of the molecule is C[Si](C)(C)c1ccc(COCC2CCOCC2)cc1. The van der Waals surface area contributed by atoms with Gasteiger partial charge in [-0.05, 0) is 24.3 Å². The molecule has 1 saturated heterocycles. The van der Waals surface area contributed by atoms with Crippen molar-refractivity contribution in [3.05, 3.63) is 29.8 Å². The maximum absolute atomic E-state index is 5.84. The van der Waals surface area contributed by atoms with Gasteiger partial charge in [0.1, 0.15) is 0 Å². The second kappa shape index (κ2) is 6.68. The molecule has 1 fully saturated rings. The summed E-state index contributed by atoms with van der Waals surface area (Å²) in [6, 6.07) is 8.99. The van der Waals surface area contributed by atoms with E-state index in [-0.39, 0.29) is 0 Å². The van der Waals surface area contributed by atoms with Gasteiger partial charge in [0, 0.05) is 13.2 Å². The zero-order chi connectivity index (χ0) is 13.7. The van der Waals surface area contributed by atoms with E-state index >= 15 is 0 Å². The highest BCUT2D eigenvalue weighted by molar-refractivity contribution is 6.88. The average Bonchev–Trinajstić information content (AvgIpc) is 2.39. The standard InChI is InChI=1S/C16H26O2Si/c1-19(2,3)16-6-4-14(5-7-16)12-18-13-15-8-10-17-11-9-15/h4-7,15H,8-13H2,1-3H3. The van der Waals surface area contributed by atoms with E-state index in [0.717, 1.165) is 39.3 Å². The van der Waals surface area contributed by atoms with Gasteiger partial charge in [-0.3, -0.25) is 0 Å². The third-order valence-electron chi connectivity index (χ3n) is 3.78. The molecule has 2 rings (SSSR count). The summed E-state index contributed by atoms with van der Waals surface area (Å²) in [7, 11) is -1.17. The molecule has 3 heteroatoms. The molecule has 0 radical (unpaired) electrons. The van der Waals surface area contributed by atoms with Crippen LogP contribution in [0.4, 0.5) is 0 Å². The Morgan fingerprint density at radius 1 is 1.11 bits per heavy atom. The Hall–Kier alpha value is -0.643. The molecule has 0 unspecified atom stereocenters. The van der Waals surface area contributed by atoms with Gasteiger partial charge in [0.25, 0.3) is 0 Å². The molecule has 0 aliphatic carbocycles. The molecule has 0 amide bonds. The molecule has 106 valence electrons. The highest BCUT2D eigenvalue weighted by atomic mass is 28.3. The van der Waals surface area contributed by atoms with Gasteiger partial charge in [-0.1, -0.05) is 49.1 Å². The van der Waals surface area contributed by atoms with Crippen molar-refractivity contribution in [2.45, 2.75) is 39.1 Å². The van der Waals surface area contributed by atoms with E-state index in [2.05, 4.69) is 43.9 Å². The first kappa shape index (κ1) is 14.8. The third kappa shape index (κ3) is 4.75. The molecular weight excluding hydrogens is 252 g/mol. The summed E-state index contributed by atoms with van der Waals surface area (Å²) in [4.78, 5) is 0. The van der Waals surface area contributed by atoms with Crippen LogP contribution in [0.15, 0.2) is 24.3 Å². The lowest BCUT2D eigenvalue weighted by molar-refractivity contribution is 0.0157. The van der Waals surface area contributed by atoms with Crippen molar-refractivity contribution in [3.8, 4) is 0 Å². The van der Waals surface area contributed by atoms with Crippen LogP contribution in [-0.4, -0.2) is 27.9 Å². The summed E-state index contributed by atoms with van der Waals surface area (Å²) in [5.41, 5.74) is 1.29. The predicted molar refractivity (Wildman–Crippen MR) is 82.6 cm³/mol. The molecule has 2 nitrogen and oxygen atoms in total. The molecule has 1 aromatic rings. The van der Waals surface area contributed by atoms with Crippen LogP contribution in [0.1, 0.15) is 18.4 Å². The molecule has 0 aromatic heterocycles. The van der Waals surface area contributed by atoms with Crippen LogP contribution in [0.3, 0.4) is 0 Å². The van der Waals surface area contributed by atoms with Crippen molar-refractivity contribution in [1.29, 1.82) is 0 Å². The van der Waals surface area contributed by atoms with Gasteiger partial charge in [-0.15, -0.1) is 0 Å². The fourth-order valence-corrected chi connectivity index (χ4v) is 3.52. The molecule has 0 bridgehead atoms. The van der Waals surface area contributed by atoms with Gasteiger partial charge in [0.05, 0.1) is 21.3 Å². The number of hydrogen-bond donors (Lipinski definition) is 0. The van der Waals surface area contributed by atoms with Gasteiger partial charge in [-0.2, -0.15) is 0 Å². The predicted octanol–water partition coefficient (Wildman–Crippen LogP) is 3.18. The van der Waals surface area contributed by atoms with Crippen molar-refractivity contribution >= 4 is 13.3 Å². The zero-order valence-electron chi connectivity index (χ0n) is 12.4. The Balaban J connectivity index is 1.76. The Kier molecular flexibility index (Phi) is 5.19. The molecule has 0 saturated carbocycles. The Labute approximate surface area is 118 Å². The number of hydrogen-bond acceptors (Lipinski definition) is 2. The lowest BCUT2D eigenvalue weighted by Crippen LogP contribution is -2.37. The quantitative estimate of drug-likeness (QED) is 0.770. The van der Waals surface area contributed by atoms with Gasteiger partial charge in [0.15, 0.2) is 0 Å². The smallest absolute Gasteiger partial charge is 0.0775 e. The number of rotatable bonds is 5. The fourth-order valence-electron chi connectivity index (χ4n) is 2.36. The molecule has 1 aliphatic heterocycles. The van der Waals surface area contributed by atoms with Gasteiger partial charge in [-0.25, -0.2) is 0 Å². The number of benzene rings is 1. The summed E-state index contributed by atoms with van der Waals surface area (Å²) in [5.74, 6) is 0.690. The van der Waals surface area contributed by atoms with E-state index < -0.39 is 8.07 Å². The van der Waals surface area contributed by atoms with E-state index in [4.69, 9.17) is 9.47 Å². The normalized spacial score (nSPS) is 17.6. The van der Waals surface area contributed by atoms with Crippen LogP contribution >= 0.6 is 0 Å². The van der Waals surface area contributed by atoms with Crippen molar-refractivity contribution < 1.29 is 9.47 Å². The summed E-state index contributed by atoms with van der Waals surface area (Å²) in [6.07, 6.45) is 2.29. The lowest BCUT2D eigenvalue weighted by Gasteiger charge is -2.22. The van der Waals surface area contributed by atoms with E-state index in [1.54, 1.807) is 0 Å². The van der Waals surface area contributed by atoms with Crippen molar-refractivity contribution in [2.75, 3.05) is 19.8 Å². The largest absolute Gasteiger partial charge is 0.381 e. The monoisotopic (exact) mass is 278 g/mol. The Morgan fingerprint density at radius 3 is 2.32 bits per heavy atom. The summed E-state index contributed by atoms with van der Waals surface area (Å²) in [6.45, 7) is 10.6. The molecule has 19 heavy (non-hydrogen) atoms. The minimum atomic E-state index is -1.17. The molecule has 0 N–H and O–H groups in total. The molecular formula is C16H26O2Si.